The summed E-state index contributed by atoms with van der Waals surface area (Å²) in [4.78, 5) is 10.9. The van der Waals surface area contributed by atoms with E-state index in [9.17, 15) is 0 Å². The van der Waals surface area contributed by atoms with E-state index in [1.165, 1.54) is 6.33 Å². The minimum atomic E-state index is 0.594. The predicted octanol–water partition coefficient (Wildman–Crippen LogP) is 3.67. The van der Waals surface area contributed by atoms with Crippen LogP contribution in [0.15, 0.2) is 60.9 Å². The Morgan fingerprint density at radius 2 is 1.71 bits per heavy atom. The van der Waals surface area contributed by atoms with Crippen LogP contribution in [0.2, 0.25) is 0 Å². The molecule has 1 aliphatic heterocycles. The van der Waals surface area contributed by atoms with Gasteiger partial charge in [-0.15, -0.1) is 0 Å². The van der Waals surface area contributed by atoms with Crippen molar-refractivity contribution >= 4 is 28.7 Å². The molecule has 4 rings (SSSR count). The van der Waals surface area contributed by atoms with Gasteiger partial charge in [0.1, 0.15) is 18.0 Å². The van der Waals surface area contributed by atoms with E-state index in [1.807, 2.05) is 36.4 Å². The highest BCUT2D eigenvalue weighted by molar-refractivity contribution is 5.75. The van der Waals surface area contributed by atoms with Crippen LogP contribution in [-0.2, 0) is 4.74 Å². The lowest BCUT2D eigenvalue weighted by Crippen LogP contribution is -2.36. The Kier molecular flexibility index (Phi) is 5.31. The van der Waals surface area contributed by atoms with Gasteiger partial charge in [0.25, 0.3) is 0 Å². The summed E-state index contributed by atoms with van der Waals surface area (Å²) < 4.78 is 5.46. The number of rotatable bonds is 5. The van der Waals surface area contributed by atoms with Crippen LogP contribution in [0.5, 0.6) is 0 Å². The van der Waals surface area contributed by atoms with Crippen LogP contribution in [0.25, 0.3) is 0 Å². The van der Waals surface area contributed by atoms with Crippen molar-refractivity contribution < 1.29 is 4.74 Å². The number of para-hydroxylation sites is 2. The van der Waals surface area contributed by atoms with E-state index in [1.54, 1.807) is 12.1 Å². The van der Waals surface area contributed by atoms with E-state index in [4.69, 9.17) is 10.00 Å². The van der Waals surface area contributed by atoms with E-state index >= 15 is 0 Å². The molecule has 2 N–H and O–H groups in total. The second-order valence-electron chi connectivity index (χ2n) is 6.35. The minimum absolute atomic E-state index is 0.594. The Morgan fingerprint density at radius 1 is 0.929 bits per heavy atom. The van der Waals surface area contributed by atoms with E-state index in [0.717, 1.165) is 43.4 Å². The first-order chi connectivity index (χ1) is 13.8. The number of ether oxygens (including phenoxy) is 1. The molecule has 0 radical (unpaired) electrons. The van der Waals surface area contributed by atoms with Crippen molar-refractivity contribution in [3.8, 4) is 6.07 Å². The fourth-order valence-corrected chi connectivity index (χ4v) is 3.11. The maximum Gasteiger partial charge on any atom is 0.135 e. The number of aromatic nitrogens is 2. The van der Waals surface area contributed by atoms with Crippen LogP contribution in [0.3, 0.4) is 0 Å². The average Bonchev–Trinajstić information content (AvgIpc) is 2.75. The smallest absolute Gasteiger partial charge is 0.135 e. The van der Waals surface area contributed by atoms with Gasteiger partial charge in [-0.25, -0.2) is 9.97 Å². The van der Waals surface area contributed by atoms with Crippen LogP contribution in [0.1, 0.15) is 5.56 Å². The molecule has 0 unspecified atom stereocenters. The molecule has 0 saturated carbocycles. The summed E-state index contributed by atoms with van der Waals surface area (Å²) in [6.45, 7) is 3.20. The van der Waals surface area contributed by atoms with E-state index in [2.05, 4.69) is 37.6 Å². The first-order valence-electron chi connectivity index (χ1n) is 9.10. The van der Waals surface area contributed by atoms with E-state index in [-0.39, 0.29) is 0 Å². The molecule has 1 fully saturated rings. The van der Waals surface area contributed by atoms with Crippen molar-refractivity contribution in [2.75, 3.05) is 41.8 Å². The third-order valence-corrected chi connectivity index (χ3v) is 4.45. The van der Waals surface area contributed by atoms with Crippen molar-refractivity contribution in [2.24, 2.45) is 0 Å². The number of anilines is 5. The molecule has 0 spiro atoms. The molecule has 2 aromatic carbocycles. The second kappa shape index (κ2) is 8.37. The number of nitriles is 1. The molecule has 7 nitrogen and oxygen atoms in total. The second-order valence-corrected chi connectivity index (χ2v) is 6.35. The summed E-state index contributed by atoms with van der Waals surface area (Å²) in [5, 5.41) is 15.7. The topological polar surface area (TPSA) is 86.1 Å². The van der Waals surface area contributed by atoms with Gasteiger partial charge >= 0.3 is 0 Å². The summed E-state index contributed by atoms with van der Waals surface area (Å²) in [5.41, 5.74) is 3.51. The van der Waals surface area contributed by atoms with Gasteiger partial charge in [-0.1, -0.05) is 18.2 Å². The first-order valence-corrected chi connectivity index (χ1v) is 9.10. The molecule has 1 aliphatic rings. The van der Waals surface area contributed by atoms with Gasteiger partial charge in [-0.05, 0) is 30.3 Å². The molecule has 2 heterocycles. The number of hydrogen-bond donors (Lipinski definition) is 2. The summed E-state index contributed by atoms with van der Waals surface area (Å²) in [5.74, 6) is 1.34. The molecule has 28 heavy (non-hydrogen) atoms. The zero-order valence-corrected chi connectivity index (χ0v) is 15.3. The van der Waals surface area contributed by atoms with Crippen LogP contribution in [0, 0.1) is 11.3 Å². The van der Waals surface area contributed by atoms with Gasteiger partial charge in [0.05, 0.1) is 36.2 Å². The third-order valence-electron chi connectivity index (χ3n) is 4.45. The zero-order chi connectivity index (χ0) is 19.2. The predicted molar refractivity (Wildman–Crippen MR) is 109 cm³/mol. The molecular weight excluding hydrogens is 352 g/mol. The lowest BCUT2D eigenvalue weighted by atomic mass is 10.2. The SMILES string of the molecule is N#Cc1cccc(Nc2cc(Nc3ccccc3N3CCOCC3)ncn2)c1. The summed E-state index contributed by atoms with van der Waals surface area (Å²) >= 11 is 0. The Bertz CT molecular complexity index is 994. The van der Waals surface area contributed by atoms with Gasteiger partial charge in [-0.2, -0.15) is 5.26 Å². The molecule has 0 amide bonds. The number of morpholine rings is 1. The largest absolute Gasteiger partial charge is 0.378 e. The summed E-state index contributed by atoms with van der Waals surface area (Å²) in [6.07, 6.45) is 1.51. The van der Waals surface area contributed by atoms with Crippen molar-refractivity contribution in [3.63, 3.8) is 0 Å². The summed E-state index contributed by atoms with van der Waals surface area (Å²) in [7, 11) is 0. The van der Waals surface area contributed by atoms with E-state index in [0.29, 0.717) is 17.2 Å². The van der Waals surface area contributed by atoms with Crippen molar-refractivity contribution in [3.05, 3.63) is 66.5 Å². The number of benzene rings is 2. The highest BCUT2D eigenvalue weighted by atomic mass is 16.5. The van der Waals surface area contributed by atoms with Crippen LogP contribution < -0.4 is 15.5 Å². The number of hydrogen-bond acceptors (Lipinski definition) is 7. The quantitative estimate of drug-likeness (QED) is 0.706. The summed E-state index contributed by atoms with van der Waals surface area (Å²) in [6, 6.07) is 19.4. The Labute approximate surface area is 163 Å². The highest BCUT2D eigenvalue weighted by Crippen LogP contribution is 2.29. The van der Waals surface area contributed by atoms with E-state index < -0.39 is 0 Å². The molecule has 7 heteroatoms. The standard InChI is InChI=1S/C21H20N6O/c22-14-16-4-3-5-17(12-16)25-20-13-21(24-15-23-20)26-18-6-1-2-7-19(18)27-8-10-28-11-9-27/h1-7,12-13,15H,8-11H2,(H2,23,24,25,26). The monoisotopic (exact) mass is 372 g/mol. The number of nitrogens with one attached hydrogen (secondary N) is 2. The fourth-order valence-electron chi connectivity index (χ4n) is 3.11. The first kappa shape index (κ1) is 17.8. The lowest BCUT2D eigenvalue weighted by molar-refractivity contribution is 0.123. The molecule has 3 aromatic rings. The van der Waals surface area contributed by atoms with Crippen molar-refractivity contribution in [2.45, 2.75) is 0 Å². The molecule has 140 valence electrons. The van der Waals surface area contributed by atoms with Gasteiger partial charge in [0.2, 0.25) is 0 Å². The molecular formula is C21H20N6O. The van der Waals surface area contributed by atoms with Gasteiger partial charge in [-0.3, -0.25) is 0 Å². The van der Waals surface area contributed by atoms with Crippen LogP contribution in [0.4, 0.5) is 28.7 Å². The maximum absolute atomic E-state index is 9.04. The van der Waals surface area contributed by atoms with Gasteiger partial charge in [0.15, 0.2) is 0 Å². The zero-order valence-electron chi connectivity index (χ0n) is 15.3. The van der Waals surface area contributed by atoms with Crippen molar-refractivity contribution in [1.29, 1.82) is 5.26 Å². The average molecular weight is 372 g/mol. The highest BCUT2D eigenvalue weighted by Gasteiger charge is 2.14. The third kappa shape index (κ3) is 4.19. The molecule has 1 aromatic heterocycles. The van der Waals surface area contributed by atoms with Crippen LogP contribution >= 0.6 is 0 Å². The molecule has 1 saturated heterocycles. The van der Waals surface area contributed by atoms with Gasteiger partial charge in [0, 0.05) is 24.8 Å². The van der Waals surface area contributed by atoms with Crippen LogP contribution in [-0.4, -0.2) is 36.3 Å². The Hall–Kier alpha value is -3.63. The Morgan fingerprint density at radius 3 is 2.54 bits per heavy atom. The Balaban J connectivity index is 1.53. The lowest BCUT2D eigenvalue weighted by Gasteiger charge is -2.30. The fraction of sp³-hybridized carbons (Fsp3) is 0.190. The molecule has 0 bridgehead atoms. The van der Waals surface area contributed by atoms with Gasteiger partial charge < -0.3 is 20.3 Å². The maximum atomic E-state index is 9.04. The minimum Gasteiger partial charge on any atom is -0.378 e. The molecule has 0 aliphatic carbocycles. The number of nitrogens with zero attached hydrogens (tertiary/aromatic N) is 4. The normalized spacial score (nSPS) is 13.6. The molecule has 0 atom stereocenters. The van der Waals surface area contributed by atoms with Crippen molar-refractivity contribution in [1.82, 2.24) is 9.97 Å².